The number of aryl methyl sites for hydroxylation is 1. The number of pyridine rings is 1. The molecule has 104 valence electrons. The number of nitrogens with one attached hydrogen (secondary N) is 1. The Bertz CT molecular complexity index is 258. The van der Waals surface area contributed by atoms with Crippen LogP contribution in [0.15, 0.2) is 24.4 Å². The van der Waals surface area contributed by atoms with Crippen molar-refractivity contribution in [1.29, 1.82) is 4.78 Å². The number of halogens is 3. The van der Waals surface area contributed by atoms with Gasteiger partial charge in [-0.2, -0.15) is 13.2 Å². The highest BCUT2D eigenvalue weighted by atomic mass is 32.1. The maximum Gasteiger partial charge on any atom is 0.379 e. The van der Waals surface area contributed by atoms with Crippen molar-refractivity contribution in [2.24, 2.45) is 0 Å². The van der Waals surface area contributed by atoms with Crippen molar-refractivity contribution in [2.45, 2.75) is 45.7 Å². The summed E-state index contributed by atoms with van der Waals surface area (Å²) < 4.78 is 34.3. The van der Waals surface area contributed by atoms with Crippen LogP contribution in [0.25, 0.3) is 0 Å². The number of aromatic nitrogens is 1. The maximum absolute atomic E-state index is 9.67. The predicted molar refractivity (Wildman–Crippen MR) is 69.3 cm³/mol. The third kappa shape index (κ3) is 17.4. The van der Waals surface area contributed by atoms with Crippen LogP contribution in [0.2, 0.25) is 0 Å². The molecule has 1 aromatic rings. The zero-order valence-electron chi connectivity index (χ0n) is 10.4. The van der Waals surface area contributed by atoms with Crippen LogP contribution in [0.4, 0.5) is 13.2 Å². The van der Waals surface area contributed by atoms with Crippen molar-refractivity contribution in [3.05, 3.63) is 30.1 Å². The van der Waals surface area contributed by atoms with Crippen molar-refractivity contribution >= 4 is 12.4 Å². The Labute approximate surface area is 112 Å². The van der Waals surface area contributed by atoms with Crippen LogP contribution in [0.5, 0.6) is 0 Å². The van der Waals surface area contributed by atoms with Crippen molar-refractivity contribution in [3.8, 4) is 0 Å². The number of hydrogen-bond acceptors (Lipinski definition) is 3. The number of hydrogen-bond donors (Lipinski definition) is 1. The van der Waals surface area contributed by atoms with E-state index in [4.69, 9.17) is 4.78 Å². The highest BCUT2D eigenvalue weighted by molar-refractivity contribution is 7.45. The molecule has 18 heavy (non-hydrogen) atoms. The molecule has 1 heterocycles. The third-order valence-corrected chi connectivity index (χ3v) is 2.01. The van der Waals surface area contributed by atoms with Gasteiger partial charge < -0.3 is 0 Å². The molecule has 0 aliphatic carbocycles. The first-order valence-electron chi connectivity index (χ1n) is 5.69. The molecule has 0 spiro atoms. The summed E-state index contributed by atoms with van der Waals surface area (Å²) in [5, 5.41) is 0. The van der Waals surface area contributed by atoms with Gasteiger partial charge in [0.15, 0.2) is 0 Å². The summed E-state index contributed by atoms with van der Waals surface area (Å²) in [5.41, 5.74) is 1.23. The Hall–Kier alpha value is -1.04. The molecule has 0 unspecified atom stereocenters. The molecule has 1 N–H and O–H groups in total. The van der Waals surface area contributed by atoms with Gasteiger partial charge in [0.05, 0.1) is 0 Å². The lowest BCUT2D eigenvalue weighted by atomic mass is 10.1. The van der Waals surface area contributed by atoms with Gasteiger partial charge in [0.1, 0.15) is 0 Å². The zero-order chi connectivity index (χ0) is 14.2. The minimum atomic E-state index is -3.67. The largest absolute Gasteiger partial charge is 0.379 e. The van der Waals surface area contributed by atoms with Crippen LogP contribution in [-0.2, 0) is 18.8 Å². The molecule has 0 atom stereocenters. The van der Waals surface area contributed by atoms with E-state index < -0.39 is 6.68 Å². The first kappa shape index (κ1) is 19.3. The van der Waals surface area contributed by atoms with Crippen LogP contribution in [0.3, 0.4) is 0 Å². The molecule has 0 saturated heterocycles. The Morgan fingerprint density at radius 3 is 2.22 bits per heavy atom. The Morgan fingerprint density at radius 2 is 1.78 bits per heavy atom. The summed E-state index contributed by atoms with van der Waals surface area (Å²) in [6.07, 6.45) is 8.29. The summed E-state index contributed by atoms with van der Waals surface area (Å²) in [6.45, 7) is -1.43. The van der Waals surface area contributed by atoms with Gasteiger partial charge in [0.2, 0.25) is 0 Å². The van der Waals surface area contributed by atoms with Gasteiger partial charge in [0.25, 0.3) is 0 Å². The summed E-state index contributed by atoms with van der Waals surface area (Å²) in [7, 11) is 0. The first-order chi connectivity index (χ1) is 8.66. The SMILES string of the molecule is CCCCCCc1ccccn1.FC(F)F.N=S. The van der Waals surface area contributed by atoms with E-state index in [9.17, 15) is 13.2 Å². The van der Waals surface area contributed by atoms with Gasteiger partial charge in [0, 0.05) is 24.3 Å². The number of unbranched alkanes of at least 4 members (excludes halogenated alkanes) is 3. The van der Waals surface area contributed by atoms with E-state index in [1.54, 1.807) is 0 Å². The molecule has 0 aliphatic heterocycles. The minimum Gasteiger partial charge on any atom is -0.261 e. The van der Waals surface area contributed by atoms with Crippen LogP contribution in [-0.4, -0.2) is 11.7 Å². The molecule has 2 nitrogen and oxygen atoms in total. The molecule has 1 aromatic heterocycles. The van der Waals surface area contributed by atoms with E-state index in [-0.39, 0.29) is 0 Å². The van der Waals surface area contributed by atoms with Crippen LogP contribution in [0.1, 0.15) is 38.3 Å². The lowest BCUT2D eigenvalue weighted by Gasteiger charge is -1.98. The molecule has 6 heteroatoms. The van der Waals surface area contributed by atoms with Gasteiger partial charge in [-0.05, 0) is 25.0 Å². The quantitative estimate of drug-likeness (QED) is 0.795. The standard InChI is InChI=1S/C11H17N.CHF3.HNS/c1-2-3-4-5-8-11-9-6-7-10-12-11;2-1(3)4;1-2/h6-7,9-10H,2-5,8H2,1H3;1H;1H. The molecular formula is C12H19F3N2S. The minimum absolute atomic E-state index is 1.14. The second-order valence-electron chi connectivity index (χ2n) is 3.38. The average molecular weight is 280 g/mol. The number of rotatable bonds is 5. The monoisotopic (exact) mass is 280 g/mol. The normalized spacial score (nSPS) is 8.94. The average Bonchev–Trinajstić information content (AvgIpc) is 2.38. The smallest absolute Gasteiger partial charge is 0.261 e. The fourth-order valence-electron chi connectivity index (χ4n) is 1.28. The Morgan fingerprint density at radius 1 is 1.17 bits per heavy atom. The van der Waals surface area contributed by atoms with Gasteiger partial charge >= 0.3 is 6.68 Å². The van der Waals surface area contributed by atoms with Crippen molar-refractivity contribution < 1.29 is 13.2 Å². The van der Waals surface area contributed by atoms with Gasteiger partial charge in [-0.15, -0.1) is 0 Å². The van der Waals surface area contributed by atoms with E-state index in [0.717, 1.165) is 6.42 Å². The third-order valence-electron chi connectivity index (χ3n) is 2.01. The zero-order valence-corrected chi connectivity index (χ0v) is 11.2. The van der Waals surface area contributed by atoms with Crippen LogP contribution in [0, 0.1) is 4.78 Å². The second kappa shape index (κ2) is 16.0. The maximum atomic E-state index is 9.67. The molecule has 0 aliphatic rings. The summed E-state index contributed by atoms with van der Waals surface area (Å²) in [5.74, 6) is 0. The molecule has 1 rings (SSSR count). The van der Waals surface area contributed by atoms with E-state index >= 15 is 0 Å². The highest BCUT2D eigenvalue weighted by Gasteiger charge is 1.92. The van der Waals surface area contributed by atoms with Crippen molar-refractivity contribution in [2.75, 3.05) is 0 Å². The Balaban J connectivity index is 0. The molecule has 0 bridgehead atoms. The van der Waals surface area contributed by atoms with E-state index in [2.05, 4.69) is 36.5 Å². The second-order valence-corrected chi connectivity index (χ2v) is 3.38. The molecule has 0 fully saturated rings. The van der Waals surface area contributed by atoms with E-state index in [0.29, 0.717) is 0 Å². The summed E-state index contributed by atoms with van der Waals surface area (Å²) in [6, 6.07) is 6.13. The van der Waals surface area contributed by atoms with Crippen molar-refractivity contribution in [3.63, 3.8) is 0 Å². The molecular weight excluding hydrogens is 261 g/mol. The molecule has 0 saturated carbocycles. The van der Waals surface area contributed by atoms with Crippen molar-refractivity contribution in [1.82, 2.24) is 4.98 Å². The summed E-state index contributed by atoms with van der Waals surface area (Å²) in [4.78, 5) is 4.28. The Kier molecular flexibility index (Phi) is 17.1. The van der Waals surface area contributed by atoms with Gasteiger partial charge in [-0.3, -0.25) is 4.98 Å². The lowest BCUT2D eigenvalue weighted by molar-refractivity contribution is 0.00819. The number of alkyl halides is 3. The van der Waals surface area contributed by atoms with Gasteiger partial charge in [-0.1, -0.05) is 32.3 Å². The first-order valence-corrected chi connectivity index (χ1v) is 6.10. The van der Waals surface area contributed by atoms with Crippen LogP contribution >= 0.6 is 0 Å². The van der Waals surface area contributed by atoms with Crippen LogP contribution < -0.4 is 0 Å². The fraction of sp³-hybridized carbons (Fsp3) is 0.583. The molecule has 0 aromatic carbocycles. The van der Waals surface area contributed by atoms with E-state index in [1.165, 1.54) is 31.4 Å². The van der Waals surface area contributed by atoms with E-state index in [1.807, 2.05) is 12.3 Å². The molecule has 0 radical (unpaired) electrons. The topological polar surface area (TPSA) is 36.7 Å². The fourth-order valence-corrected chi connectivity index (χ4v) is 1.28. The predicted octanol–water partition coefficient (Wildman–Crippen LogP) is 4.68. The number of nitrogens with zero attached hydrogens (tertiary/aromatic N) is 1. The lowest BCUT2D eigenvalue weighted by Crippen LogP contribution is -1.88. The molecule has 0 amide bonds. The van der Waals surface area contributed by atoms with Gasteiger partial charge in [-0.25, -0.2) is 4.78 Å². The summed E-state index contributed by atoms with van der Waals surface area (Å²) >= 11 is 3.33. The highest BCUT2D eigenvalue weighted by Crippen LogP contribution is 2.04.